The van der Waals surface area contributed by atoms with Gasteiger partial charge in [-0.05, 0) is 37.6 Å². The third-order valence-corrected chi connectivity index (χ3v) is 4.29. The zero-order valence-corrected chi connectivity index (χ0v) is 15.9. The highest BCUT2D eigenvalue weighted by Crippen LogP contribution is 2.26. The van der Waals surface area contributed by atoms with E-state index in [4.69, 9.17) is 15.7 Å². The van der Waals surface area contributed by atoms with Crippen LogP contribution in [0.2, 0.25) is 0 Å². The van der Waals surface area contributed by atoms with Crippen LogP contribution in [-0.2, 0) is 6.61 Å². The number of carbonyl (C=O) groups is 1. The van der Waals surface area contributed by atoms with Gasteiger partial charge in [0, 0.05) is 12.7 Å². The number of carbonyl (C=O) groups excluding carboxylic acids is 1. The average molecular weight is 399 g/mol. The van der Waals surface area contributed by atoms with Gasteiger partial charge >= 0.3 is 0 Å². The second-order valence-electron chi connectivity index (χ2n) is 6.56. The molecule has 29 heavy (non-hydrogen) atoms. The number of rotatable bonds is 6. The van der Waals surface area contributed by atoms with Crippen LogP contribution in [0.4, 0.5) is 8.78 Å². The molecule has 0 aliphatic heterocycles. The summed E-state index contributed by atoms with van der Waals surface area (Å²) < 4.78 is 34.9. The number of imidazole rings is 1. The van der Waals surface area contributed by atoms with Crippen molar-refractivity contribution in [3.63, 3.8) is 0 Å². The van der Waals surface area contributed by atoms with E-state index >= 15 is 0 Å². The maximum atomic E-state index is 13.9. The minimum atomic E-state index is -0.824. The summed E-state index contributed by atoms with van der Waals surface area (Å²) in [6.45, 7) is 3.10. The van der Waals surface area contributed by atoms with Gasteiger partial charge in [0.1, 0.15) is 30.0 Å². The summed E-state index contributed by atoms with van der Waals surface area (Å²) in [5.41, 5.74) is 7.09. The fourth-order valence-electron chi connectivity index (χ4n) is 2.89. The summed E-state index contributed by atoms with van der Waals surface area (Å²) in [5, 5.41) is 11.3. The molecule has 1 aromatic carbocycles. The molecule has 7 nitrogen and oxygen atoms in total. The van der Waals surface area contributed by atoms with E-state index < -0.39 is 23.6 Å². The van der Waals surface area contributed by atoms with Crippen LogP contribution in [0.15, 0.2) is 30.5 Å². The van der Waals surface area contributed by atoms with Crippen LogP contribution in [0.1, 0.15) is 27.3 Å². The third kappa shape index (κ3) is 4.17. The lowest BCUT2D eigenvalue weighted by atomic mass is 10.2. The Balaban J connectivity index is 1.94. The van der Waals surface area contributed by atoms with E-state index in [2.05, 4.69) is 10.3 Å². The molecule has 1 atom stereocenters. The fraction of sp³-hybridized carbons (Fsp3) is 0.250. The molecular weight excluding hydrogens is 380 g/mol. The number of nitrogens with zero attached hydrogens (tertiary/aromatic N) is 3. The molecule has 1 unspecified atom stereocenters. The number of ether oxygens (including phenoxy) is 1. The predicted octanol–water partition coefficient (Wildman–Crippen LogP) is 2.39. The molecule has 2 aromatic heterocycles. The summed E-state index contributed by atoms with van der Waals surface area (Å²) in [6.07, 6.45) is 1.70. The number of amides is 1. The molecule has 2 heterocycles. The summed E-state index contributed by atoms with van der Waals surface area (Å²) >= 11 is 0. The van der Waals surface area contributed by atoms with Crippen LogP contribution in [0.3, 0.4) is 0 Å². The molecule has 0 radical (unpaired) electrons. The second kappa shape index (κ2) is 8.24. The van der Waals surface area contributed by atoms with E-state index in [-0.39, 0.29) is 30.2 Å². The van der Waals surface area contributed by atoms with Crippen molar-refractivity contribution >= 4 is 11.6 Å². The lowest BCUT2D eigenvalue weighted by Gasteiger charge is -2.11. The summed E-state index contributed by atoms with van der Waals surface area (Å²) in [6, 6.07) is 6.27. The molecule has 0 saturated carbocycles. The molecule has 150 valence electrons. The number of benzene rings is 1. The molecule has 0 aliphatic carbocycles. The molecule has 0 fully saturated rings. The van der Waals surface area contributed by atoms with E-state index in [0.717, 1.165) is 17.7 Å². The summed E-state index contributed by atoms with van der Waals surface area (Å²) in [4.78, 5) is 16.9. The van der Waals surface area contributed by atoms with Gasteiger partial charge in [0.15, 0.2) is 11.4 Å². The number of aryl methyl sites for hydroxylation is 2. The number of pyridine rings is 1. The van der Waals surface area contributed by atoms with Crippen LogP contribution >= 0.6 is 0 Å². The second-order valence-corrected chi connectivity index (χ2v) is 6.56. The Morgan fingerprint density at radius 3 is 2.72 bits per heavy atom. The zero-order valence-electron chi connectivity index (χ0n) is 15.9. The topological polar surface area (TPSA) is 105 Å². The van der Waals surface area contributed by atoms with Gasteiger partial charge in [-0.2, -0.15) is 5.26 Å². The molecule has 0 saturated heterocycles. The smallest absolute Gasteiger partial charge is 0.270 e. The van der Waals surface area contributed by atoms with Crippen molar-refractivity contribution < 1.29 is 18.3 Å². The highest BCUT2D eigenvalue weighted by Gasteiger charge is 2.20. The number of hydrogen-bond donors (Lipinski definition) is 2. The van der Waals surface area contributed by atoms with Crippen LogP contribution in [0.5, 0.6) is 5.75 Å². The molecule has 3 aromatic rings. The number of nitrogens with two attached hydrogens (primary N) is 1. The molecule has 3 rings (SSSR count). The summed E-state index contributed by atoms with van der Waals surface area (Å²) in [5.74, 6) is -1.58. The molecule has 9 heteroatoms. The molecule has 3 N–H and O–H groups in total. The van der Waals surface area contributed by atoms with Gasteiger partial charge in [0.2, 0.25) is 0 Å². The Hall–Kier alpha value is -3.51. The van der Waals surface area contributed by atoms with E-state index in [0.29, 0.717) is 11.3 Å². The fourth-order valence-corrected chi connectivity index (χ4v) is 2.89. The Morgan fingerprint density at radius 2 is 2.07 bits per heavy atom. The maximum absolute atomic E-state index is 13.9. The lowest BCUT2D eigenvalue weighted by Crippen LogP contribution is -2.36. The van der Waals surface area contributed by atoms with E-state index in [1.165, 1.54) is 6.07 Å². The summed E-state index contributed by atoms with van der Waals surface area (Å²) in [7, 11) is 0. The molecule has 0 aliphatic rings. The standard InChI is InChI=1S/C20H19F2N5O2/c1-11-6-17(29-10-14-15(21)4-3-5-16(14)22)19-26-12(2)18(27(19)9-11)20(28)25-8-13(24)7-23/h3-6,9,13H,8,10,24H2,1-2H3,(H,25,28). The van der Waals surface area contributed by atoms with Crippen molar-refractivity contribution in [1.29, 1.82) is 5.26 Å². The first-order valence-electron chi connectivity index (χ1n) is 8.80. The van der Waals surface area contributed by atoms with Crippen LogP contribution in [0, 0.1) is 36.8 Å². The molecule has 0 spiro atoms. The number of aromatic nitrogens is 2. The van der Waals surface area contributed by atoms with Crippen molar-refractivity contribution in [3.8, 4) is 11.8 Å². The number of nitrogens with one attached hydrogen (secondary N) is 1. The van der Waals surface area contributed by atoms with Crippen molar-refractivity contribution in [2.45, 2.75) is 26.5 Å². The van der Waals surface area contributed by atoms with Crippen LogP contribution < -0.4 is 15.8 Å². The van der Waals surface area contributed by atoms with Crippen molar-refractivity contribution in [2.24, 2.45) is 5.73 Å². The largest absolute Gasteiger partial charge is 0.485 e. The van der Waals surface area contributed by atoms with E-state index in [9.17, 15) is 13.6 Å². The van der Waals surface area contributed by atoms with Gasteiger partial charge < -0.3 is 15.8 Å². The number of hydrogen-bond acceptors (Lipinski definition) is 5. The first kappa shape index (κ1) is 20.2. The van der Waals surface area contributed by atoms with Crippen LogP contribution in [-0.4, -0.2) is 27.9 Å². The average Bonchev–Trinajstić information content (AvgIpc) is 3.01. The number of nitriles is 1. The SMILES string of the molecule is Cc1cc(OCc2c(F)cccc2F)c2nc(C)c(C(=O)NCC(N)C#N)n2c1. The quantitative estimate of drug-likeness (QED) is 0.662. The van der Waals surface area contributed by atoms with E-state index in [1.807, 2.05) is 6.07 Å². The number of fused-ring (bicyclic) bond motifs is 1. The monoisotopic (exact) mass is 399 g/mol. The van der Waals surface area contributed by atoms with Gasteiger partial charge in [-0.25, -0.2) is 13.8 Å². The van der Waals surface area contributed by atoms with E-state index in [1.54, 1.807) is 30.5 Å². The van der Waals surface area contributed by atoms with Gasteiger partial charge in [-0.15, -0.1) is 0 Å². The Bertz CT molecular complexity index is 1100. The first-order valence-corrected chi connectivity index (χ1v) is 8.80. The number of halogens is 2. The molecule has 1 amide bonds. The van der Waals surface area contributed by atoms with Gasteiger partial charge in [0.25, 0.3) is 5.91 Å². The van der Waals surface area contributed by atoms with Gasteiger partial charge in [-0.3, -0.25) is 9.20 Å². The predicted molar refractivity (Wildman–Crippen MR) is 101 cm³/mol. The third-order valence-electron chi connectivity index (χ3n) is 4.29. The van der Waals surface area contributed by atoms with Gasteiger partial charge in [-0.1, -0.05) is 6.07 Å². The molecular formula is C20H19F2N5O2. The van der Waals surface area contributed by atoms with Crippen molar-refractivity contribution in [3.05, 3.63) is 64.6 Å². The van der Waals surface area contributed by atoms with Crippen molar-refractivity contribution in [1.82, 2.24) is 14.7 Å². The first-order chi connectivity index (χ1) is 13.8. The Labute approximate surface area is 165 Å². The minimum absolute atomic E-state index is 0.0102. The highest BCUT2D eigenvalue weighted by molar-refractivity contribution is 5.95. The minimum Gasteiger partial charge on any atom is -0.485 e. The molecule has 0 bridgehead atoms. The Morgan fingerprint density at radius 1 is 1.38 bits per heavy atom. The van der Waals surface area contributed by atoms with Crippen LogP contribution in [0.25, 0.3) is 5.65 Å². The zero-order chi connectivity index (χ0) is 21.1. The maximum Gasteiger partial charge on any atom is 0.270 e. The Kier molecular flexibility index (Phi) is 5.75. The normalized spacial score (nSPS) is 11.9. The van der Waals surface area contributed by atoms with Gasteiger partial charge in [0.05, 0.1) is 17.3 Å². The lowest BCUT2D eigenvalue weighted by molar-refractivity contribution is 0.0946. The highest BCUT2D eigenvalue weighted by atomic mass is 19.1. The van der Waals surface area contributed by atoms with Crippen molar-refractivity contribution in [2.75, 3.05) is 6.54 Å².